The van der Waals surface area contributed by atoms with E-state index in [0.29, 0.717) is 23.5 Å². The first-order valence-corrected chi connectivity index (χ1v) is 6.20. The summed E-state index contributed by atoms with van der Waals surface area (Å²) in [5.74, 6) is 8.32. The molecule has 2 aromatic rings. The monoisotopic (exact) mass is 260 g/mol. The molecule has 0 bridgehead atoms. The topological polar surface area (TPSA) is 90.9 Å². The summed E-state index contributed by atoms with van der Waals surface area (Å²) in [5, 5.41) is 4.23. The Bertz CT molecular complexity index is 604. The number of nitrogen functional groups attached to an aromatic ring is 1. The molecule has 0 saturated heterocycles. The van der Waals surface area contributed by atoms with Crippen molar-refractivity contribution in [2.75, 3.05) is 5.43 Å². The average molecular weight is 260 g/mol. The molecule has 0 unspecified atom stereocenters. The van der Waals surface area contributed by atoms with Gasteiger partial charge in [-0.3, -0.25) is 0 Å². The van der Waals surface area contributed by atoms with Crippen LogP contribution in [0, 0.1) is 6.92 Å². The number of hydrogen-bond donors (Lipinski definition) is 2. The van der Waals surface area contributed by atoms with Crippen molar-refractivity contribution in [2.24, 2.45) is 12.9 Å². The normalized spacial score (nSPS) is 14.5. The molecule has 100 valence electrons. The van der Waals surface area contributed by atoms with E-state index in [1.807, 2.05) is 20.0 Å². The van der Waals surface area contributed by atoms with E-state index in [2.05, 4.69) is 20.5 Å². The van der Waals surface area contributed by atoms with Gasteiger partial charge in [0.25, 0.3) is 0 Å². The number of aryl methyl sites for hydroxylation is 2. The number of hydrazine groups is 1. The highest BCUT2D eigenvalue weighted by atomic mass is 16.5. The summed E-state index contributed by atoms with van der Waals surface area (Å²) >= 11 is 0. The molecule has 2 heterocycles. The smallest absolute Gasteiger partial charge is 0.226 e. The molecule has 0 atom stereocenters. The zero-order valence-corrected chi connectivity index (χ0v) is 10.9. The first-order valence-electron chi connectivity index (χ1n) is 6.20. The Kier molecular flexibility index (Phi) is 2.83. The van der Waals surface area contributed by atoms with Gasteiger partial charge < -0.3 is 10.2 Å². The van der Waals surface area contributed by atoms with E-state index in [-0.39, 0.29) is 0 Å². The molecular weight excluding hydrogens is 244 g/mol. The van der Waals surface area contributed by atoms with Gasteiger partial charge in [0, 0.05) is 25.1 Å². The maximum atomic E-state index is 5.74. The summed E-state index contributed by atoms with van der Waals surface area (Å²) < 4.78 is 7.42. The van der Waals surface area contributed by atoms with Gasteiger partial charge in [0.05, 0.1) is 5.69 Å². The van der Waals surface area contributed by atoms with Crippen LogP contribution >= 0.6 is 0 Å². The third-order valence-corrected chi connectivity index (χ3v) is 2.98. The van der Waals surface area contributed by atoms with Crippen molar-refractivity contribution < 1.29 is 4.74 Å². The van der Waals surface area contributed by atoms with Crippen molar-refractivity contribution in [2.45, 2.75) is 25.7 Å². The minimum atomic E-state index is 0.434. The molecule has 1 aliphatic carbocycles. The van der Waals surface area contributed by atoms with Crippen LogP contribution in [0.2, 0.25) is 0 Å². The lowest BCUT2D eigenvalue weighted by atomic mass is 10.4. The number of nitrogens with one attached hydrogen (secondary N) is 1. The molecule has 1 saturated carbocycles. The molecule has 3 rings (SSSR count). The molecule has 2 aromatic heterocycles. The second-order valence-electron chi connectivity index (χ2n) is 4.72. The van der Waals surface area contributed by atoms with Gasteiger partial charge in [0.1, 0.15) is 11.6 Å². The van der Waals surface area contributed by atoms with E-state index in [1.165, 1.54) is 0 Å². The number of ether oxygens (including phenoxy) is 1. The largest absolute Gasteiger partial charge is 0.421 e. The average Bonchev–Trinajstić information content (AvgIpc) is 3.17. The molecular formula is C12H16N6O. The van der Waals surface area contributed by atoms with E-state index in [4.69, 9.17) is 10.6 Å². The van der Waals surface area contributed by atoms with Crippen molar-refractivity contribution >= 4 is 5.82 Å². The SMILES string of the molecule is Cc1cc(Oc2cc(NN)nc(C3CC3)n2)n(C)n1. The lowest BCUT2D eigenvalue weighted by Crippen LogP contribution is -2.10. The molecule has 0 aromatic carbocycles. The maximum Gasteiger partial charge on any atom is 0.226 e. The van der Waals surface area contributed by atoms with Crippen LogP contribution in [0.5, 0.6) is 11.8 Å². The van der Waals surface area contributed by atoms with Crippen molar-refractivity contribution in [1.29, 1.82) is 0 Å². The molecule has 1 fully saturated rings. The summed E-state index contributed by atoms with van der Waals surface area (Å²) in [5.41, 5.74) is 3.44. The summed E-state index contributed by atoms with van der Waals surface area (Å²) in [7, 11) is 1.83. The second-order valence-corrected chi connectivity index (χ2v) is 4.72. The van der Waals surface area contributed by atoms with Crippen LogP contribution in [0.4, 0.5) is 5.82 Å². The predicted octanol–water partition coefficient (Wildman–Crippen LogP) is 1.47. The molecule has 0 radical (unpaired) electrons. The van der Waals surface area contributed by atoms with Gasteiger partial charge in [-0.15, -0.1) is 0 Å². The summed E-state index contributed by atoms with van der Waals surface area (Å²) in [6.07, 6.45) is 2.25. The number of rotatable bonds is 4. The van der Waals surface area contributed by atoms with Crippen LogP contribution in [0.15, 0.2) is 12.1 Å². The zero-order chi connectivity index (χ0) is 13.4. The van der Waals surface area contributed by atoms with E-state index in [1.54, 1.807) is 10.7 Å². The van der Waals surface area contributed by atoms with Gasteiger partial charge in [-0.05, 0) is 19.8 Å². The summed E-state index contributed by atoms with van der Waals surface area (Å²) in [4.78, 5) is 8.75. The molecule has 7 nitrogen and oxygen atoms in total. The van der Waals surface area contributed by atoms with E-state index in [0.717, 1.165) is 24.4 Å². The number of hydrogen-bond acceptors (Lipinski definition) is 6. The Labute approximate surface area is 110 Å². The van der Waals surface area contributed by atoms with Crippen molar-refractivity contribution in [3.63, 3.8) is 0 Å². The van der Waals surface area contributed by atoms with Crippen molar-refractivity contribution in [3.05, 3.63) is 23.7 Å². The van der Waals surface area contributed by atoms with Gasteiger partial charge in [0.2, 0.25) is 11.8 Å². The van der Waals surface area contributed by atoms with Gasteiger partial charge in [-0.1, -0.05) is 0 Å². The quantitative estimate of drug-likeness (QED) is 0.639. The summed E-state index contributed by atoms with van der Waals surface area (Å²) in [6, 6.07) is 3.53. The Morgan fingerprint density at radius 3 is 2.74 bits per heavy atom. The van der Waals surface area contributed by atoms with Gasteiger partial charge >= 0.3 is 0 Å². The molecule has 19 heavy (non-hydrogen) atoms. The number of nitrogens with two attached hydrogens (primary N) is 1. The van der Waals surface area contributed by atoms with Crippen LogP contribution in [-0.4, -0.2) is 19.7 Å². The molecule has 0 spiro atoms. The van der Waals surface area contributed by atoms with Crippen molar-refractivity contribution in [1.82, 2.24) is 19.7 Å². The minimum absolute atomic E-state index is 0.434. The van der Waals surface area contributed by atoms with E-state index in [9.17, 15) is 0 Å². The van der Waals surface area contributed by atoms with Gasteiger partial charge in [-0.2, -0.15) is 10.1 Å². The number of anilines is 1. The molecule has 1 aliphatic rings. The first-order chi connectivity index (χ1) is 9.15. The fraction of sp³-hybridized carbons (Fsp3) is 0.417. The van der Waals surface area contributed by atoms with Crippen LogP contribution in [0.25, 0.3) is 0 Å². The standard InChI is InChI=1S/C12H16N6O/c1-7-5-11(18(2)17-7)19-10-6-9(16-13)14-12(15-10)8-3-4-8/h5-6,8H,3-4,13H2,1-2H3,(H,14,15,16). The Morgan fingerprint density at radius 1 is 1.37 bits per heavy atom. The van der Waals surface area contributed by atoms with Gasteiger partial charge in [0.15, 0.2) is 0 Å². The molecule has 0 amide bonds. The highest BCUT2D eigenvalue weighted by Crippen LogP contribution is 2.39. The third-order valence-electron chi connectivity index (χ3n) is 2.98. The second kappa shape index (κ2) is 4.51. The van der Waals surface area contributed by atoms with Crippen molar-refractivity contribution in [3.8, 4) is 11.8 Å². The predicted molar refractivity (Wildman–Crippen MR) is 69.8 cm³/mol. The molecule has 3 N–H and O–H groups in total. The lowest BCUT2D eigenvalue weighted by Gasteiger charge is -2.08. The fourth-order valence-electron chi connectivity index (χ4n) is 1.88. The van der Waals surface area contributed by atoms with Crippen LogP contribution in [0.1, 0.15) is 30.3 Å². The Hall–Kier alpha value is -2.15. The Balaban J connectivity index is 1.91. The number of aromatic nitrogens is 4. The summed E-state index contributed by atoms with van der Waals surface area (Å²) in [6.45, 7) is 1.91. The Morgan fingerprint density at radius 2 is 2.16 bits per heavy atom. The highest BCUT2D eigenvalue weighted by molar-refractivity contribution is 5.39. The lowest BCUT2D eigenvalue weighted by molar-refractivity contribution is 0.413. The minimum Gasteiger partial charge on any atom is -0.421 e. The van der Waals surface area contributed by atoms with Crippen LogP contribution < -0.4 is 16.0 Å². The zero-order valence-electron chi connectivity index (χ0n) is 10.9. The maximum absolute atomic E-state index is 5.74. The molecule has 0 aliphatic heterocycles. The highest BCUT2D eigenvalue weighted by Gasteiger charge is 2.27. The van der Waals surface area contributed by atoms with Crippen LogP contribution in [-0.2, 0) is 7.05 Å². The number of nitrogens with zero attached hydrogens (tertiary/aromatic N) is 4. The first kappa shape index (κ1) is 11.9. The van der Waals surface area contributed by atoms with Crippen LogP contribution in [0.3, 0.4) is 0 Å². The van der Waals surface area contributed by atoms with E-state index < -0.39 is 0 Å². The molecule has 7 heteroatoms. The van der Waals surface area contributed by atoms with Gasteiger partial charge in [-0.25, -0.2) is 15.5 Å². The third kappa shape index (κ3) is 2.50. The van der Waals surface area contributed by atoms with E-state index >= 15 is 0 Å². The fourth-order valence-corrected chi connectivity index (χ4v) is 1.88.